The lowest BCUT2D eigenvalue weighted by molar-refractivity contribution is -0.146. The van der Waals surface area contributed by atoms with Gasteiger partial charge in [-0.05, 0) is 30.9 Å². The highest BCUT2D eigenvalue weighted by molar-refractivity contribution is 5.85. The van der Waals surface area contributed by atoms with E-state index in [-0.39, 0.29) is 5.91 Å². The fourth-order valence-electron chi connectivity index (χ4n) is 2.84. The van der Waals surface area contributed by atoms with Crippen molar-refractivity contribution in [1.82, 2.24) is 9.88 Å². The third-order valence-electron chi connectivity index (χ3n) is 3.95. The predicted octanol–water partition coefficient (Wildman–Crippen LogP) is 1.39. The monoisotopic (exact) mass is 264 g/mol. The quantitative estimate of drug-likeness (QED) is 0.863. The summed E-state index contributed by atoms with van der Waals surface area (Å²) in [5.41, 5.74) is 1.01. The first kappa shape index (κ1) is 13.6. The Labute approximate surface area is 112 Å². The Balaban J connectivity index is 1.96. The van der Waals surface area contributed by atoms with E-state index < -0.39 is 17.8 Å². The first-order chi connectivity index (χ1) is 8.99. The van der Waals surface area contributed by atoms with Crippen LogP contribution in [0.2, 0.25) is 0 Å². The summed E-state index contributed by atoms with van der Waals surface area (Å²) in [5.74, 6) is -1.63. The van der Waals surface area contributed by atoms with Gasteiger partial charge in [-0.3, -0.25) is 9.59 Å². The van der Waals surface area contributed by atoms with E-state index in [9.17, 15) is 9.59 Å². The molecule has 0 spiro atoms. The molecule has 1 aliphatic carbocycles. The summed E-state index contributed by atoms with van der Waals surface area (Å²) in [5, 5.41) is 12.0. The molecule has 1 saturated carbocycles. The molecule has 1 amide bonds. The number of aryl methyl sites for hydroxylation is 1. The van der Waals surface area contributed by atoms with Gasteiger partial charge in [-0.2, -0.15) is 0 Å². The number of amides is 1. The molecule has 1 aromatic heterocycles. The van der Waals surface area contributed by atoms with Gasteiger partial charge in [-0.15, -0.1) is 0 Å². The SMILES string of the molecule is CC1CC(C(=O)O)C(C(=O)NCc2cccn2C)C1. The van der Waals surface area contributed by atoms with Crippen LogP contribution in [0, 0.1) is 17.8 Å². The molecule has 3 unspecified atom stereocenters. The van der Waals surface area contributed by atoms with Crippen molar-refractivity contribution in [2.75, 3.05) is 0 Å². The lowest BCUT2D eigenvalue weighted by atomic mass is 9.95. The van der Waals surface area contributed by atoms with Gasteiger partial charge in [0, 0.05) is 18.9 Å². The molecule has 0 bridgehead atoms. The summed E-state index contributed by atoms with van der Waals surface area (Å²) in [6.07, 6.45) is 3.17. The van der Waals surface area contributed by atoms with E-state index in [2.05, 4.69) is 5.32 Å². The van der Waals surface area contributed by atoms with Crippen LogP contribution >= 0.6 is 0 Å². The molecule has 5 nitrogen and oxygen atoms in total. The maximum Gasteiger partial charge on any atom is 0.307 e. The molecule has 0 aromatic carbocycles. The summed E-state index contributed by atoms with van der Waals surface area (Å²) in [6, 6.07) is 3.85. The molecule has 3 atom stereocenters. The number of hydrogen-bond donors (Lipinski definition) is 2. The molecule has 104 valence electrons. The maximum atomic E-state index is 12.1. The Kier molecular flexibility index (Phi) is 3.93. The summed E-state index contributed by atoms with van der Waals surface area (Å²) in [4.78, 5) is 23.3. The molecule has 0 saturated heterocycles. The van der Waals surface area contributed by atoms with Crippen LogP contribution in [0.1, 0.15) is 25.5 Å². The largest absolute Gasteiger partial charge is 0.481 e. The number of carboxylic acids is 1. The van der Waals surface area contributed by atoms with E-state index >= 15 is 0 Å². The van der Waals surface area contributed by atoms with Gasteiger partial charge in [0.2, 0.25) is 5.91 Å². The van der Waals surface area contributed by atoms with Crippen LogP contribution in [0.3, 0.4) is 0 Å². The molecule has 5 heteroatoms. The lowest BCUT2D eigenvalue weighted by Gasteiger charge is -2.15. The highest BCUT2D eigenvalue weighted by atomic mass is 16.4. The van der Waals surface area contributed by atoms with Gasteiger partial charge in [0.15, 0.2) is 0 Å². The molecule has 1 aliphatic rings. The second-order valence-corrected chi connectivity index (χ2v) is 5.46. The number of carboxylic acid groups (broad SMARTS) is 1. The highest BCUT2D eigenvalue weighted by Crippen LogP contribution is 2.36. The van der Waals surface area contributed by atoms with Crippen molar-refractivity contribution < 1.29 is 14.7 Å². The Bertz CT molecular complexity index is 481. The maximum absolute atomic E-state index is 12.1. The number of aromatic nitrogens is 1. The molecule has 1 aromatic rings. The molecule has 0 radical (unpaired) electrons. The number of aliphatic carboxylic acids is 1. The molecular weight excluding hydrogens is 244 g/mol. The van der Waals surface area contributed by atoms with Crippen molar-refractivity contribution in [3.8, 4) is 0 Å². The minimum atomic E-state index is -0.858. The standard InChI is InChI=1S/C14H20N2O3/c1-9-6-11(12(7-9)14(18)19)13(17)15-8-10-4-3-5-16(10)2/h3-5,9,11-12H,6-8H2,1-2H3,(H,15,17)(H,18,19). The predicted molar refractivity (Wildman–Crippen MR) is 70.3 cm³/mol. The van der Waals surface area contributed by atoms with Gasteiger partial charge in [0.25, 0.3) is 0 Å². The van der Waals surface area contributed by atoms with E-state index in [4.69, 9.17) is 5.11 Å². The van der Waals surface area contributed by atoms with Gasteiger partial charge >= 0.3 is 5.97 Å². The van der Waals surface area contributed by atoms with E-state index in [0.717, 1.165) is 5.69 Å². The van der Waals surface area contributed by atoms with Crippen LogP contribution in [0.4, 0.5) is 0 Å². The van der Waals surface area contributed by atoms with Crippen molar-refractivity contribution in [2.24, 2.45) is 24.8 Å². The fraction of sp³-hybridized carbons (Fsp3) is 0.571. The third kappa shape index (κ3) is 2.97. The van der Waals surface area contributed by atoms with Crippen LogP contribution in [0.15, 0.2) is 18.3 Å². The van der Waals surface area contributed by atoms with Crippen LogP contribution < -0.4 is 5.32 Å². The van der Waals surface area contributed by atoms with Gasteiger partial charge in [0.05, 0.1) is 18.4 Å². The lowest BCUT2D eigenvalue weighted by Crippen LogP contribution is -2.35. The van der Waals surface area contributed by atoms with Crippen LogP contribution in [-0.2, 0) is 23.2 Å². The fourth-order valence-corrected chi connectivity index (χ4v) is 2.84. The first-order valence-corrected chi connectivity index (χ1v) is 6.59. The topological polar surface area (TPSA) is 71.3 Å². The summed E-state index contributed by atoms with van der Waals surface area (Å²) >= 11 is 0. The number of nitrogens with zero attached hydrogens (tertiary/aromatic N) is 1. The molecule has 0 aliphatic heterocycles. The smallest absolute Gasteiger partial charge is 0.307 e. The number of carbonyl (C=O) groups excluding carboxylic acids is 1. The molecule has 1 heterocycles. The zero-order chi connectivity index (χ0) is 14.0. The number of nitrogens with one attached hydrogen (secondary N) is 1. The third-order valence-corrected chi connectivity index (χ3v) is 3.95. The Morgan fingerprint density at radius 2 is 2.11 bits per heavy atom. The van der Waals surface area contributed by atoms with Gasteiger partial charge in [-0.25, -0.2) is 0 Å². The van der Waals surface area contributed by atoms with Crippen molar-refractivity contribution in [2.45, 2.75) is 26.3 Å². The second-order valence-electron chi connectivity index (χ2n) is 5.46. The van der Waals surface area contributed by atoms with Crippen LogP contribution in [0.25, 0.3) is 0 Å². The van der Waals surface area contributed by atoms with Crippen molar-refractivity contribution in [1.29, 1.82) is 0 Å². The molecule has 1 fully saturated rings. The highest BCUT2D eigenvalue weighted by Gasteiger charge is 2.40. The summed E-state index contributed by atoms with van der Waals surface area (Å²) in [6.45, 7) is 2.44. The minimum Gasteiger partial charge on any atom is -0.481 e. The summed E-state index contributed by atoms with van der Waals surface area (Å²) < 4.78 is 1.94. The van der Waals surface area contributed by atoms with E-state index in [0.29, 0.717) is 25.3 Å². The first-order valence-electron chi connectivity index (χ1n) is 6.59. The molecule has 2 rings (SSSR count). The molecular formula is C14H20N2O3. The Morgan fingerprint density at radius 1 is 1.42 bits per heavy atom. The molecule has 19 heavy (non-hydrogen) atoms. The van der Waals surface area contributed by atoms with Gasteiger partial charge in [-0.1, -0.05) is 6.92 Å². The Hall–Kier alpha value is -1.78. The number of hydrogen-bond acceptors (Lipinski definition) is 2. The van der Waals surface area contributed by atoms with E-state index in [1.54, 1.807) is 0 Å². The van der Waals surface area contributed by atoms with Crippen LogP contribution in [0.5, 0.6) is 0 Å². The molecule has 2 N–H and O–H groups in total. The second kappa shape index (κ2) is 5.47. The average molecular weight is 264 g/mol. The van der Waals surface area contributed by atoms with Gasteiger partial charge in [0.1, 0.15) is 0 Å². The zero-order valence-corrected chi connectivity index (χ0v) is 11.3. The van der Waals surface area contributed by atoms with Crippen molar-refractivity contribution in [3.05, 3.63) is 24.0 Å². The normalized spacial score (nSPS) is 26.3. The van der Waals surface area contributed by atoms with Gasteiger partial charge < -0.3 is 15.0 Å². The van der Waals surface area contributed by atoms with Crippen molar-refractivity contribution >= 4 is 11.9 Å². The number of carbonyl (C=O) groups is 2. The number of rotatable bonds is 4. The minimum absolute atomic E-state index is 0.141. The van der Waals surface area contributed by atoms with E-state index in [1.807, 2.05) is 36.9 Å². The Morgan fingerprint density at radius 3 is 2.68 bits per heavy atom. The summed E-state index contributed by atoms with van der Waals surface area (Å²) in [7, 11) is 1.92. The van der Waals surface area contributed by atoms with Crippen molar-refractivity contribution in [3.63, 3.8) is 0 Å². The van der Waals surface area contributed by atoms with E-state index in [1.165, 1.54) is 0 Å². The zero-order valence-electron chi connectivity index (χ0n) is 11.3. The van der Waals surface area contributed by atoms with Crippen LogP contribution in [-0.4, -0.2) is 21.6 Å². The average Bonchev–Trinajstić information content (AvgIpc) is 2.92.